The van der Waals surface area contributed by atoms with E-state index in [1.807, 2.05) is 0 Å². The molecular weight excluding hydrogens is 234 g/mol. The van der Waals surface area contributed by atoms with Crippen molar-refractivity contribution >= 4 is 16.6 Å². The molecule has 102 valence electrons. The summed E-state index contributed by atoms with van der Waals surface area (Å²) < 4.78 is 0. The molecule has 0 radical (unpaired) electrons. The minimum Gasteiger partial charge on any atom is -0.367 e. The number of nitrogens with one attached hydrogen (secondary N) is 2. The molecule has 2 N–H and O–H groups in total. The maximum atomic E-state index is 3.61. The number of hydrogen-bond donors (Lipinski definition) is 2. The van der Waals surface area contributed by atoms with Crippen LogP contribution in [0.5, 0.6) is 0 Å². The fourth-order valence-corrected chi connectivity index (χ4v) is 3.13. The minimum atomic E-state index is 0.553. The van der Waals surface area contributed by atoms with E-state index in [1.165, 1.54) is 27.8 Å². The zero-order chi connectivity index (χ0) is 13.4. The maximum absolute atomic E-state index is 3.61. The number of rotatable bonds is 2. The van der Waals surface area contributed by atoms with Crippen molar-refractivity contribution in [3.63, 3.8) is 0 Å². The lowest BCUT2D eigenvalue weighted by Crippen LogP contribution is -2.43. The Morgan fingerprint density at radius 3 is 2.58 bits per heavy atom. The largest absolute Gasteiger partial charge is 0.367 e. The van der Waals surface area contributed by atoms with E-state index in [0.29, 0.717) is 5.92 Å². The minimum absolute atomic E-state index is 0.553. The summed E-state index contributed by atoms with van der Waals surface area (Å²) in [5.74, 6) is 0.553. The van der Waals surface area contributed by atoms with Crippen LogP contribution < -0.4 is 10.2 Å². The maximum Gasteiger partial charge on any atom is 0.0655 e. The van der Waals surface area contributed by atoms with Gasteiger partial charge in [-0.1, -0.05) is 32.0 Å². The van der Waals surface area contributed by atoms with Crippen LogP contribution in [-0.2, 0) is 0 Å². The number of benzene rings is 1. The molecule has 1 aromatic carbocycles. The Bertz CT molecular complexity index is 577. The number of aromatic amines is 1. The second kappa shape index (κ2) is 4.89. The van der Waals surface area contributed by atoms with Gasteiger partial charge in [0.1, 0.15) is 0 Å². The SMILES string of the molecule is Cc1[nH]c2c(C(C)C)cccc2c1N1CCNCC1. The molecule has 2 aromatic rings. The lowest BCUT2D eigenvalue weighted by molar-refractivity contribution is 0.589. The van der Waals surface area contributed by atoms with Crippen LogP contribution in [0, 0.1) is 6.92 Å². The third-order valence-corrected chi connectivity index (χ3v) is 4.07. The monoisotopic (exact) mass is 257 g/mol. The zero-order valence-corrected chi connectivity index (χ0v) is 12.1. The van der Waals surface area contributed by atoms with Crippen molar-refractivity contribution in [1.29, 1.82) is 0 Å². The molecule has 3 nitrogen and oxygen atoms in total. The summed E-state index contributed by atoms with van der Waals surface area (Å²) in [5.41, 5.74) is 5.44. The lowest BCUT2D eigenvalue weighted by Gasteiger charge is -2.29. The number of aromatic nitrogens is 1. The summed E-state index contributed by atoms with van der Waals surface area (Å²) >= 11 is 0. The topological polar surface area (TPSA) is 31.1 Å². The van der Waals surface area contributed by atoms with E-state index in [-0.39, 0.29) is 0 Å². The predicted molar refractivity (Wildman–Crippen MR) is 82.2 cm³/mol. The van der Waals surface area contributed by atoms with E-state index in [0.717, 1.165) is 26.2 Å². The summed E-state index contributed by atoms with van der Waals surface area (Å²) in [4.78, 5) is 6.12. The van der Waals surface area contributed by atoms with Crippen molar-refractivity contribution in [3.05, 3.63) is 29.5 Å². The van der Waals surface area contributed by atoms with Crippen molar-refractivity contribution in [1.82, 2.24) is 10.3 Å². The average molecular weight is 257 g/mol. The number of para-hydroxylation sites is 1. The molecule has 0 bridgehead atoms. The Balaban J connectivity index is 2.14. The highest BCUT2D eigenvalue weighted by atomic mass is 15.2. The number of piperazine rings is 1. The van der Waals surface area contributed by atoms with Crippen LogP contribution in [0.1, 0.15) is 31.0 Å². The fourth-order valence-electron chi connectivity index (χ4n) is 3.13. The smallest absolute Gasteiger partial charge is 0.0655 e. The Morgan fingerprint density at radius 2 is 1.89 bits per heavy atom. The summed E-state index contributed by atoms with van der Waals surface area (Å²) in [6.45, 7) is 11.1. The third-order valence-electron chi connectivity index (χ3n) is 4.07. The molecule has 3 heteroatoms. The highest BCUT2D eigenvalue weighted by Gasteiger charge is 2.19. The number of nitrogens with zero attached hydrogens (tertiary/aromatic N) is 1. The number of H-pyrrole nitrogens is 1. The molecule has 0 unspecified atom stereocenters. The molecule has 1 fully saturated rings. The van der Waals surface area contributed by atoms with Crippen LogP contribution >= 0.6 is 0 Å². The Kier molecular flexibility index (Phi) is 3.23. The van der Waals surface area contributed by atoms with Gasteiger partial charge in [-0.2, -0.15) is 0 Å². The van der Waals surface area contributed by atoms with Gasteiger partial charge in [0.15, 0.2) is 0 Å². The first-order chi connectivity index (χ1) is 9.18. The van der Waals surface area contributed by atoms with Crippen LogP contribution in [0.15, 0.2) is 18.2 Å². The molecule has 1 aliphatic rings. The fraction of sp³-hybridized carbons (Fsp3) is 0.500. The standard InChI is InChI=1S/C16H23N3/c1-11(2)13-5-4-6-14-15(13)18-12(3)16(14)19-9-7-17-8-10-19/h4-6,11,17-18H,7-10H2,1-3H3. The van der Waals surface area contributed by atoms with Crippen LogP contribution in [0.25, 0.3) is 10.9 Å². The summed E-state index contributed by atoms with van der Waals surface area (Å²) in [6, 6.07) is 6.68. The molecular formula is C16H23N3. The van der Waals surface area contributed by atoms with Gasteiger partial charge in [-0.05, 0) is 18.4 Å². The summed E-state index contributed by atoms with van der Waals surface area (Å²) in [5, 5.41) is 4.80. The molecule has 19 heavy (non-hydrogen) atoms. The Labute approximate surface area is 115 Å². The summed E-state index contributed by atoms with van der Waals surface area (Å²) in [6.07, 6.45) is 0. The van der Waals surface area contributed by atoms with E-state index in [4.69, 9.17) is 0 Å². The highest BCUT2D eigenvalue weighted by Crippen LogP contribution is 2.34. The number of aryl methyl sites for hydroxylation is 1. The van der Waals surface area contributed by atoms with Gasteiger partial charge in [0.2, 0.25) is 0 Å². The molecule has 1 saturated heterocycles. The summed E-state index contributed by atoms with van der Waals surface area (Å²) in [7, 11) is 0. The van der Waals surface area contributed by atoms with E-state index >= 15 is 0 Å². The molecule has 0 atom stereocenters. The van der Waals surface area contributed by atoms with E-state index < -0.39 is 0 Å². The zero-order valence-electron chi connectivity index (χ0n) is 12.1. The van der Waals surface area contributed by atoms with Gasteiger partial charge in [0, 0.05) is 37.3 Å². The van der Waals surface area contributed by atoms with Crippen LogP contribution in [0.4, 0.5) is 5.69 Å². The first-order valence-corrected chi connectivity index (χ1v) is 7.25. The second-order valence-corrected chi connectivity index (χ2v) is 5.76. The first-order valence-electron chi connectivity index (χ1n) is 7.25. The number of fused-ring (bicyclic) bond motifs is 1. The Morgan fingerprint density at radius 1 is 1.16 bits per heavy atom. The molecule has 0 saturated carbocycles. The van der Waals surface area contributed by atoms with Crippen molar-refractivity contribution in [2.75, 3.05) is 31.1 Å². The van der Waals surface area contributed by atoms with Crippen LogP contribution in [0.3, 0.4) is 0 Å². The average Bonchev–Trinajstić information content (AvgIpc) is 2.75. The number of hydrogen-bond acceptors (Lipinski definition) is 2. The van der Waals surface area contributed by atoms with Crippen molar-refractivity contribution in [2.24, 2.45) is 0 Å². The Hall–Kier alpha value is -1.48. The lowest BCUT2D eigenvalue weighted by atomic mass is 10.0. The van der Waals surface area contributed by atoms with E-state index in [1.54, 1.807) is 0 Å². The van der Waals surface area contributed by atoms with Gasteiger partial charge in [-0.15, -0.1) is 0 Å². The van der Waals surface area contributed by atoms with Crippen molar-refractivity contribution < 1.29 is 0 Å². The molecule has 3 rings (SSSR count). The van der Waals surface area contributed by atoms with Gasteiger partial charge in [0.05, 0.1) is 11.2 Å². The van der Waals surface area contributed by atoms with Crippen LogP contribution in [-0.4, -0.2) is 31.2 Å². The molecule has 0 amide bonds. The quantitative estimate of drug-likeness (QED) is 0.866. The van der Waals surface area contributed by atoms with Gasteiger partial charge in [-0.25, -0.2) is 0 Å². The van der Waals surface area contributed by atoms with Gasteiger partial charge < -0.3 is 15.2 Å². The second-order valence-electron chi connectivity index (χ2n) is 5.76. The number of anilines is 1. The molecule has 1 aromatic heterocycles. The molecule has 2 heterocycles. The van der Waals surface area contributed by atoms with Crippen LogP contribution in [0.2, 0.25) is 0 Å². The van der Waals surface area contributed by atoms with Gasteiger partial charge in [-0.3, -0.25) is 0 Å². The molecule has 0 aliphatic carbocycles. The molecule has 0 spiro atoms. The third kappa shape index (κ3) is 2.12. The van der Waals surface area contributed by atoms with E-state index in [9.17, 15) is 0 Å². The predicted octanol–water partition coefficient (Wildman–Crippen LogP) is 3.01. The van der Waals surface area contributed by atoms with Gasteiger partial charge in [0.25, 0.3) is 0 Å². The highest BCUT2D eigenvalue weighted by molar-refractivity contribution is 5.97. The molecule has 1 aliphatic heterocycles. The van der Waals surface area contributed by atoms with Crippen molar-refractivity contribution in [2.45, 2.75) is 26.7 Å². The van der Waals surface area contributed by atoms with E-state index in [2.05, 4.69) is 54.2 Å². The van der Waals surface area contributed by atoms with Crippen molar-refractivity contribution in [3.8, 4) is 0 Å². The van der Waals surface area contributed by atoms with Gasteiger partial charge >= 0.3 is 0 Å². The normalized spacial score (nSPS) is 16.5. The first kappa shape index (κ1) is 12.5.